The van der Waals surface area contributed by atoms with E-state index in [1.165, 1.54) is 12.1 Å². The summed E-state index contributed by atoms with van der Waals surface area (Å²) in [5, 5.41) is 2.75. The summed E-state index contributed by atoms with van der Waals surface area (Å²) < 4.78 is 38.6. The fourth-order valence-corrected chi connectivity index (χ4v) is 4.91. The summed E-state index contributed by atoms with van der Waals surface area (Å²) in [5.41, 5.74) is 2.71. The predicted octanol–water partition coefficient (Wildman–Crippen LogP) is 4.71. The minimum Gasteiger partial charge on any atom is -0.494 e. The van der Waals surface area contributed by atoms with E-state index in [2.05, 4.69) is 5.32 Å². The van der Waals surface area contributed by atoms with Crippen molar-refractivity contribution in [3.8, 4) is 5.75 Å². The van der Waals surface area contributed by atoms with Gasteiger partial charge in [-0.1, -0.05) is 17.7 Å². The minimum absolute atomic E-state index is 0.0738. The maximum atomic E-state index is 13.6. The zero-order valence-electron chi connectivity index (χ0n) is 20.8. The monoisotopic (exact) mass is 510 g/mol. The van der Waals surface area contributed by atoms with Crippen molar-refractivity contribution in [3.63, 3.8) is 0 Å². The number of aryl methyl sites for hydroxylation is 2. The molecule has 0 spiro atoms. The third-order valence-corrected chi connectivity index (χ3v) is 7.13. The zero-order chi connectivity index (χ0) is 26.3. The average Bonchev–Trinajstić information content (AvgIpc) is 2.85. The molecule has 9 heteroatoms. The summed E-state index contributed by atoms with van der Waals surface area (Å²) in [7, 11) is -4.05. The van der Waals surface area contributed by atoms with Crippen LogP contribution in [0.1, 0.15) is 35.3 Å². The number of anilines is 2. The van der Waals surface area contributed by atoms with Crippen LogP contribution >= 0.6 is 0 Å². The maximum absolute atomic E-state index is 13.6. The quantitative estimate of drug-likeness (QED) is 0.396. The zero-order valence-corrected chi connectivity index (χ0v) is 21.6. The summed E-state index contributed by atoms with van der Waals surface area (Å²) in [6.45, 7) is 7.46. The number of nitrogens with one attached hydrogen (secondary N) is 1. The molecule has 3 aromatic rings. The lowest BCUT2D eigenvalue weighted by molar-refractivity contribution is -0.114. The summed E-state index contributed by atoms with van der Waals surface area (Å²) in [4.78, 5) is 25.1. The number of carbonyl (C=O) groups is 2. The number of esters is 1. The van der Waals surface area contributed by atoms with Crippen molar-refractivity contribution in [2.45, 2.75) is 32.6 Å². The van der Waals surface area contributed by atoms with Gasteiger partial charge in [0, 0.05) is 5.69 Å². The Morgan fingerprint density at radius 3 is 2.14 bits per heavy atom. The fourth-order valence-electron chi connectivity index (χ4n) is 3.49. The standard InChI is InChI=1S/C27H30N2O6S/c1-5-34-23-12-10-22(11-13-23)29(36(32,33)24-14-7-19(3)8-15-24)18-26(30)28-25-16-9-21(17-20(25)4)27(31)35-6-2/h7-17H,5-6,18H2,1-4H3,(H,28,30). The lowest BCUT2D eigenvalue weighted by atomic mass is 10.1. The molecule has 0 aliphatic heterocycles. The van der Waals surface area contributed by atoms with E-state index in [1.807, 2.05) is 13.8 Å². The van der Waals surface area contributed by atoms with E-state index < -0.39 is 28.4 Å². The Morgan fingerprint density at radius 1 is 0.889 bits per heavy atom. The van der Waals surface area contributed by atoms with E-state index in [9.17, 15) is 18.0 Å². The second-order valence-corrected chi connectivity index (χ2v) is 9.91. The van der Waals surface area contributed by atoms with Crippen LogP contribution in [0, 0.1) is 13.8 Å². The number of ether oxygens (including phenoxy) is 2. The van der Waals surface area contributed by atoms with Gasteiger partial charge in [-0.2, -0.15) is 0 Å². The molecule has 0 unspecified atom stereocenters. The molecule has 0 heterocycles. The lowest BCUT2D eigenvalue weighted by Crippen LogP contribution is -2.38. The maximum Gasteiger partial charge on any atom is 0.338 e. The van der Waals surface area contributed by atoms with Gasteiger partial charge in [0.1, 0.15) is 12.3 Å². The van der Waals surface area contributed by atoms with Crippen molar-refractivity contribution in [1.82, 2.24) is 0 Å². The number of benzene rings is 3. The Kier molecular flexibility index (Phi) is 8.71. The molecule has 0 saturated carbocycles. The summed E-state index contributed by atoms with van der Waals surface area (Å²) in [6.07, 6.45) is 0. The number of amides is 1. The van der Waals surface area contributed by atoms with Crippen molar-refractivity contribution < 1.29 is 27.5 Å². The SMILES string of the molecule is CCOC(=O)c1ccc(NC(=O)CN(c2ccc(OCC)cc2)S(=O)(=O)c2ccc(C)cc2)c(C)c1. The Bertz CT molecular complexity index is 1320. The molecule has 3 aromatic carbocycles. The third-order valence-electron chi connectivity index (χ3n) is 5.34. The van der Waals surface area contributed by atoms with Gasteiger partial charge in [-0.15, -0.1) is 0 Å². The molecular formula is C27H30N2O6S. The molecule has 36 heavy (non-hydrogen) atoms. The van der Waals surface area contributed by atoms with Crippen molar-refractivity contribution in [2.75, 3.05) is 29.4 Å². The first-order valence-electron chi connectivity index (χ1n) is 11.6. The topological polar surface area (TPSA) is 102 Å². The van der Waals surface area contributed by atoms with E-state index in [0.29, 0.717) is 34.9 Å². The van der Waals surface area contributed by atoms with Gasteiger partial charge in [-0.05, 0) is 87.9 Å². The first-order valence-corrected chi connectivity index (χ1v) is 13.0. The smallest absolute Gasteiger partial charge is 0.338 e. The van der Waals surface area contributed by atoms with E-state index in [4.69, 9.17) is 9.47 Å². The first-order chi connectivity index (χ1) is 17.1. The van der Waals surface area contributed by atoms with Crippen LogP contribution in [0.4, 0.5) is 11.4 Å². The van der Waals surface area contributed by atoms with Gasteiger partial charge in [-0.25, -0.2) is 13.2 Å². The second kappa shape index (κ2) is 11.7. The third kappa shape index (κ3) is 6.42. The molecule has 0 aliphatic carbocycles. The Morgan fingerprint density at radius 2 is 1.56 bits per heavy atom. The molecule has 0 fully saturated rings. The van der Waals surface area contributed by atoms with Crippen LogP contribution in [0.25, 0.3) is 0 Å². The number of carbonyl (C=O) groups excluding carboxylic acids is 2. The Balaban J connectivity index is 1.89. The van der Waals surface area contributed by atoms with Gasteiger partial charge in [-0.3, -0.25) is 9.10 Å². The molecular weight excluding hydrogens is 480 g/mol. The molecule has 8 nitrogen and oxygen atoms in total. The highest BCUT2D eigenvalue weighted by Gasteiger charge is 2.27. The molecule has 190 valence electrons. The summed E-state index contributed by atoms with van der Waals surface area (Å²) in [5.74, 6) is -0.397. The molecule has 0 saturated heterocycles. The number of hydrogen-bond acceptors (Lipinski definition) is 6. The van der Waals surface area contributed by atoms with Crippen molar-refractivity contribution >= 4 is 33.3 Å². The molecule has 0 bridgehead atoms. The summed E-state index contributed by atoms with van der Waals surface area (Å²) >= 11 is 0. The number of nitrogens with zero attached hydrogens (tertiary/aromatic N) is 1. The van der Waals surface area contributed by atoms with Gasteiger partial charge < -0.3 is 14.8 Å². The fraction of sp³-hybridized carbons (Fsp3) is 0.259. The van der Waals surface area contributed by atoms with Crippen LogP contribution in [0.2, 0.25) is 0 Å². The molecule has 3 rings (SSSR count). The van der Waals surface area contributed by atoms with E-state index in [0.717, 1.165) is 9.87 Å². The first kappa shape index (κ1) is 26.7. The highest BCUT2D eigenvalue weighted by molar-refractivity contribution is 7.92. The van der Waals surface area contributed by atoms with Gasteiger partial charge in [0.25, 0.3) is 10.0 Å². The van der Waals surface area contributed by atoms with Crippen molar-refractivity contribution in [3.05, 3.63) is 83.4 Å². The molecule has 1 amide bonds. The molecule has 0 radical (unpaired) electrons. The Labute approximate surface area is 211 Å². The normalized spacial score (nSPS) is 11.0. The van der Waals surface area contributed by atoms with Crippen LogP contribution in [-0.2, 0) is 19.6 Å². The second-order valence-electron chi connectivity index (χ2n) is 8.05. The van der Waals surface area contributed by atoms with E-state index in [1.54, 1.807) is 68.4 Å². The largest absolute Gasteiger partial charge is 0.494 e. The van der Waals surface area contributed by atoms with Crippen LogP contribution in [0.3, 0.4) is 0 Å². The van der Waals surface area contributed by atoms with Gasteiger partial charge in [0.2, 0.25) is 5.91 Å². The number of rotatable bonds is 10. The minimum atomic E-state index is -4.05. The average molecular weight is 511 g/mol. The highest BCUT2D eigenvalue weighted by Crippen LogP contribution is 2.26. The van der Waals surface area contributed by atoms with Gasteiger partial charge >= 0.3 is 5.97 Å². The lowest BCUT2D eigenvalue weighted by Gasteiger charge is -2.24. The van der Waals surface area contributed by atoms with Crippen LogP contribution in [0.5, 0.6) is 5.75 Å². The van der Waals surface area contributed by atoms with E-state index >= 15 is 0 Å². The molecule has 0 aromatic heterocycles. The molecule has 1 N–H and O–H groups in total. The highest BCUT2D eigenvalue weighted by atomic mass is 32.2. The van der Waals surface area contributed by atoms with Gasteiger partial charge in [0.05, 0.1) is 29.4 Å². The molecule has 0 atom stereocenters. The van der Waals surface area contributed by atoms with Crippen LogP contribution < -0.4 is 14.4 Å². The van der Waals surface area contributed by atoms with Crippen LogP contribution in [-0.4, -0.2) is 40.1 Å². The van der Waals surface area contributed by atoms with Gasteiger partial charge in [0.15, 0.2) is 0 Å². The van der Waals surface area contributed by atoms with E-state index in [-0.39, 0.29) is 11.5 Å². The summed E-state index contributed by atoms with van der Waals surface area (Å²) in [6, 6.07) is 17.7. The van der Waals surface area contributed by atoms with Crippen LogP contribution in [0.15, 0.2) is 71.6 Å². The number of hydrogen-bond donors (Lipinski definition) is 1. The van der Waals surface area contributed by atoms with Crippen molar-refractivity contribution in [2.24, 2.45) is 0 Å². The van der Waals surface area contributed by atoms with Crippen molar-refractivity contribution in [1.29, 1.82) is 0 Å². The molecule has 0 aliphatic rings. The number of sulfonamides is 1. The predicted molar refractivity (Wildman–Crippen MR) is 139 cm³/mol. The Hall–Kier alpha value is -3.85.